The van der Waals surface area contributed by atoms with Gasteiger partial charge in [0.2, 0.25) is 0 Å². The number of carbonyl (C=O) groups excluding carboxylic acids is 1. The molecular weight excluding hydrogens is 244 g/mol. The zero-order chi connectivity index (χ0) is 12.2. The molecule has 0 radical (unpaired) electrons. The third kappa shape index (κ3) is 9.25. The van der Waals surface area contributed by atoms with E-state index in [4.69, 9.17) is 0 Å². The lowest BCUT2D eigenvalue weighted by molar-refractivity contribution is -0.161. The standard InChI is InChI=1S/C2H2F3NO3S.CHF3/c3-2(4,5)1(7)10(6,8)9;2-1(3)4/h(H2,6,8,9);1H. The molecule has 0 amide bonds. The van der Waals surface area contributed by atoms with Gasteiger partial charge in [-0.15, -0.1) is 0 Å². The molecule has 0 heterocycles. The summed E-state index contributed by atoms with van der Waals surface area (Å²) in [5.74, 6) is 0. The normalized spacial score (nSPS) is 12.0. The van der Waals surface area contributed by atoms with Gasteiger partial charge in [0.1, 0.15) is 0 Å². The van der Waals surface area contributed by atoms with Crippen molar-refractivity contribution in [3.05, 3.63) is 0 Å². The summed E-state index contributed by atoms with van der Waals surface area (Å²) in [5.41, 5.74) is 0. The molecule has 4 nitrogen and oxygen atoms in total. The molecule has 2 N–H and O–H groups in total. The fourth-order valence-corrected chi connectivity index (χ4v) is 0.484. The van der Waals surface area contributed by atoms with Gasteiger partial charge < -0.3 is 0 Å². The predicted molar refractivity (Wildman–Crippen MR) is 31.3 cm³/mol. The highest BCUT2D eigenvalue weighted by Gasteiger charge is 2.45. The van der Waals surface area contributed by atoms with E-state index in [0.29, 0.717) is 0 Å². The molecule has 0 aliphatic carbocycles. The van der Waals surface area contributed by atoms with Crippen molar-refractivity contribution < 1.29 is 39.6 Å². The summed E-state index contributed by atoms with van der Waals surface area (Å²) < 4.78 is 81.8. The van der Waals surface area contributed by atoms with Crippen LogP contribution in [0.5, 0.6) is 0 Å². The van der Waals surface area contributed by atoms with Crippen LogP contribution >= 0.6 is 0 Å². The summed E-state index contributed by atoms with van der Waals surface area (Å²) in [5, 5.41) is 0.937. The first-order chi connectivity index (χ1) is 5.89. The Morgan fingerprint density at radius 2 is 1.36 bits per heavy atom. The Morgan fingerprint density at radius 1 is 1.14 bits per heavy atom. The molecule has 0 aromatic heterocycles. The maximum atomic E-state index is 11.1. The molecule has 86 valence electrons. The summed E-state index contributed by atoms with van der Waals surface area (Å²) in [7, 11) is -5.12. The maximum Gasteiger partial charge on any atom is 0.467 e. The first kappa shape index (κ1) is 15.6. The van der Waals surface area contributed by atoms with E-state index < -0.39 is 28.0 Å². The van der Waals surface area contributed by atoms with Crippen molar-refractivity contribution in [2.24, 2.45) is 5.14 Å². The van der Waals surface area contributed by atoms with E-state index in [0.717, 1.165) is 0 Å². The van der Waals surface area contributed by atoms with Gasteiger partial charge in [-0.05, 0) is 0 Å². The van der Waals surface area contributed by atoms with E-state index in [1.807, 2.05) is 0 Å². The second-order valence-electron chi connectivity index (χ2n) is 1.58. The lowest BCUT2D eigenvalue weighted by Gasteiger charge is -2.00. The smallest absolute Gasteiger partial charge is 0.270 e. The van der Waals surface area contributed by atoms with Crippen molar-refractivity contribution in [1.82, 2.24) is 0 Å². The second kappa shape index (κ2) is 5.14. The minimum absolute atomic E-state index is 2.93. The van der Waals surface area contributed by atoms with Crippen molar-refractivity contribution in [3.63, 3.8) is 0 Å². The molecule has 0 saturated heterocycles. The van der Waals surface area contributed by atoms with Crippen LogP contribution in [0.15, 0.2) is 0 Å². The molecule has 0 aliphatic heterocycles. The Balaban J connectivity index is 0. The van der Waals surface area contributed by atoms with Gasteiger partial charge in [-0.2, -0.15) is 26.3 Å². The number of hydrogen-bond donors (Lipinski definition) is 1. The number of halogens is 6. The van der Waals surface area contributed by atoms with Crippen LogP contribution in [0.3, 0.4) is 0 Å². The highest BCUT2D eigenvalue weighted by Crippen LogP contribution is 2.17. The zero-order valence-electron chi connectivity index (χ0n) is 6.06. The van der Waals surface area contributed by atoms with E-state index >= 15 is 0 Å². The van der Waals surface area contributed by atoms with Crippen molar-refractivity contribution in [2.75, 3.05) is 0 Å². The Hall–Kier alpha value is -0.840. The number of sulfonamides is 1. The van der Waals surface area contributed by atoms with Crippen LogP contribution < -0.4 is 5.14 Å². The third-order valence-corrected chi connectivity index (χ3v) is 1.24. The summed E-state index contributed by atoms with van der Waals surface area (Å²) >= 11 is 0. The van der Waals surface area contributed by atoms with Gasteiger partial charge in [0, 0.05) is 0 Å². The van der Waals surface area contributed by atoms with Gasteiger partial charge in [-0.1, -0.05) is 0 Å². The molecule has 0 aliphatic rings. The number of hydrogen-bond acceptors (Lipinski definition) is 3. The predicted octanol–water partition coefficient (Wildman–Crippen LogP) is 0.542. The fraction of sp³-hybridized carbons (Fsp3) is 0.667. The lowest BCUT2D eigenvalue weighted by Crippen LogP contribution is -2.35. The van der Waals surface area contributed by atoms with Gasteiger partial charge >= 0.3 is 18.0 Å². The maximum absolute atomic E-state index is 11.1. The van der Waals surface area contributed by atoms with Crippen LogP contribution in [0, 0.1) is 0 Å². The SMILES string of the molecule is FC(F)F.NS(=O)(=O)C(=O)C(F)(F)F. The Labute approximate surface area is 73.7 Å². The number of rotatable bonds is 0. The minimum atomic E-state index is -5.41. The number of carbonyl (C=O) groups is 1. The van der Waals surface area contributed by atoms with E-state index in [1.165, 1.54) is 0 Å². The van der Waals surface area contributed by atoms with E-state index in [9.17, 15) is 39.6 Å². The monoisotopic (exact) mass is 247 g/mol. The van der Waals surface area contributed by atoms with Crippen molar-refractivity contribution in [3.8, 4) is 0 Å². The molecule has 0 aromatic rings. The number of primary sulfonamides is 1. The summed E-state index contributed by atoms with van der Waals surface area (Å²) in [6, 6.07) is 0. The highest BCUT2D eigenvalue weighted by molar-refractivity contribution is 8.04. The summed E-state index contributed by atoms with van der Waals surface area (Å²) in [6.07, 6.45) is -5.41. The molecule has 0 bridgehead atoms. The third-order valence-electron chi connectivity index (χ3n) is 0.490. The minimum Gasteiger partial charge on any atom is -0.270 e. The fourth-order valence-electron chi connectivity index (χ4n) is 0.161. The first-order valence-electron chi connectivity index (χ1n) is 2.45. The average Bonchev–Trinajstić information content (AvgIpc) is 1.80. The number of nitrogens with two attached hydrogens (primary N) is 1. The Kier molecular flexibility index (Phi) is 5.74. The summed E-state index contributed by atoms with van der Waals surface area (Å²) in [6.45, 7) is -3.67. The van der Waals surface area contributed by atoms with E-state index in [1.54, 1.807) is 0 Å². The van der Waals surface area contributed by atoms with Crippen molar-refractivity contribution in [2.45, 2.75) is 12.9 Å². The van der Waals surface area contributed by atoms with Crippen LogP contribution in [-0.2, 0) is 14.8 Å². The topological polar surface area (TPSA) is 77.2 Å². The molecule has 0 aromatic carbocycles. The van der Waals surface area contributed by atoms with Gasteiger partial charge in [0.15, 0.2) is 0 Å². The second-order valence-corrected chi connectivity index (χ2v) is 3.04. The quantitative estimate of drug-likeness (QED) is 0.634. The molecular formula is C3H3F6NO3S. The van der Waals surface area contributed by atoms with Crippen LogP contribution in [0.2, 0.25) is 0 Å². The molecule has 0 unspecified atom stereocenters. The van der Waals surface area contributed by atoms with Gasteiger partial charge in [-0.25, -0.2) is 13.6 Å². The lowest BCUT2D eigenvalue weighted by atomic mass is 10.8. The van der Waals surface area contributed by atoms with Gasteiger partial charge in [0.25, 0.3) is 10.0 Å². The van der Waals surface area contributed by atoms with E-state index in [2.05, 4.69) is 5.14 Å². The molecule has 0 atom stereocenters. The van der Waals surface area contributed by atoms with Crippen LogP contribution in [0.4, 0.5) is 26.3 Å². The van der Waals surface area contributed by atoms with Crippen LogP contribution in [0.25, 0.3) is 0 Å². The molecule has 0 saturated carbocycles. The Morgan fingerprint density at radius 3 is 1.36 bits per heavy atom. The van der Waals surface area contributed by atoms with E-state index in [-0.39, 0.29) is 0 Å². The van der Waals surface area contributed by atoms with Crippen molar-refractivity contribution in [1.29, 1.82) is 0 Å². The van der Waals surface area contributed by atoms with Crippen molar-refractivity contribution >= 4 is 15.1 Å². The average molecular weight is 247 g/mol. The number of alkyl halides is 6. The van der Waals surface area contributed by atoms with Crippen LogP contribution in [-0.4, -0.2) is 26.4 Å². The first-order valence-corrected chi connectivity index (χ1v) is 4.00. The van der Waals surface area contributed by atoms with Gasteiger partial charge in [-0.3, -0.25) is 4.79 Å². The summed E-state index contributed by atoms with van der Waals surface area (Å²) in [4.78, 5) is 9.65. The Bertz CT molecular complexity index is 278. The van der Waals surface area contributed by atoms with Gasteiger partial charge in [0.05, 0.1) is 0 Å². The van der Waals surface area contributed by atoms with Crippen LogP contribution in [0.1, 0.15) is 0 Å². The molecule has 0 fully saturated rings. The molecule has 0 rings (SSSR count). The zero-order valence-corrected chi connectivity index (χ0v) is 6.87. The molecule has 14 heavy (non-hydrogen) atoms. The highest BCUT2D eigenvalue weighted by atomic mass is 32.2. The molecule has 11 heteroatoms. The largest absolute Gasteiger partial charge is 0.467 e. The molecule has 0 spiro atoms.